The lowest BCUT2D eigenvalue weighted by Crippen LogP contribution is -2.26. The molecule has 1 N–H and O–H groups in total. The third-order valence-electron chi connectivity index (χ3n) is 6.89. The van der Waals surface area contributed by atoms with Crippen LogP contribution in [-0.2, 0) is 6.42 Å². The van der Waals surface area contributed by atoms with Crippen LogP contribution in [0.5, 0.6) is 11.5 Å². The maximum absolute atomic E-state index is 12.5. The summed E-state index contributed by atoms with van der Waals surface area (Å²) in [4.78, 5) is 2.27. The van der Waals surface area contributed by atoms with Crippen molar-refractivity contribution in [3.8, 4) is 11.5 Å². The van der Waals surface area contributed by atoms with Gasteiger partial charge in [-0.25, -0.2) is 0 Å². The number of rotatable bonds is 7. The molecular weight excluding hydrogens is 443 g/mol. The summed E-state index contributed by atoms with van der Waals surface area (Å²) in [5, 5.41) is 14.2. The highest BCUT2D eigenvalue weighted by atomic mass is 19.1. The van der Waals surface area contributed by atoms with Gasteiger partial charge in [0.25, 0.3) is 0 Å². The van der Waals surface area contributed by atoms with Gasteiger partial charge in [-0.05, 0) is 91.1 Å². The number of aromatic hydroxyl groups is 1. The molecule has 0 unspecified atom stereocenters. The van der Waals surface area contributed by atoms with E-state index in [0.29, 0.717) is 12.2 Å². The molecule has 5 rings (SSSR count). The number of likely N-dealkylation sites (tertiary alicyclic amines) is 1. The topological polar surface area (TPSA) is 58.7 Å². The van der Waals surface area contributed by atoms with Crippen LogP contribution in [0, 0.1) is 6.92 Å². The van der Waals surface area contributed by atoms with Gasteiger partial charge in [0, 0.05) is 25.2 Å². The minimum absolute atomic E-state index is 0. The molecule has 1 saturated heterocycles. The number of nitrogens with zero attached hydrogens (tertiary/aromatic N) is 2. The van der Waals surface area contributed by atoms with Crippen molar-refractivity contribution >= 4 is 11.1 Å². The van der Waals surface area contributed by atoms with E-state index in [-0.39, 0.29) is 20.2 Å². The first-order valence-corrected chi connectivity index (χ1v) is 12.1. The summed E-state index contributed by atoms with van der Waals surface area (Å²) in [6.45, 7) is 4.31. The van der Waals surface area contributed by atoms with Crippen molar-refractivity contribution in [2.45, 2.75) is 52.6 Å². The van der Waals surface area contributed by atoms with Gasteiger partial charge in [-0.2, -0.15) is 0 Å². The van der Waals surface area contributed by atoms with Gasteiger partial charge >= 0.3 is 0 Å². The first kappa shape index (κ1) is 25.0. The molecule has 1 aliphatic heterocycles. The highest BCUT2D eigenvalue weighted by molar-refractivity contribution is 6.00. The normalized spacial score (nSPS) is 18.2. The summed E-state index contributed by atoms with van der Waals surface area (Å²) in [7, 11) is 0. The summed E-state index contributed by atoms with van der Waals surface area (Å²) < 4.78 is 24.0. The second kappa shape index (κ2) is 11.1. The summed E-state index contributed by atoms with van der Waals surface area (Å²) in [5.74, 6) is 1.15. The number of hydrogen-bond donors (Lipinski definition) is 1. The zero-order valence-electron chi connectivity index (χ0n) is 19.6. The van der Waals surface area contributed by atoms with Gasteiger partial charge in [-0.1, -0.05) is 30.8 Å². The minimum Gasteiger partial charge on any atom is -0.508 e. The molecule has 1 aromatic heterocycles. The van der Waals surface area contributed by atoms with Crippen LogP contribution in [0.15, 0.2) is 53.3 Å². The van der Waals surface area contributed by atoms with E-state index in [0.717, 1.165) is 84.6 Å². The van der Waals surface area contributed by atoms with Gasteiger partial charge in [-0.3, -0.25) is 9.29 Å². The fourth-order valence-electron chi connectivity index (χ4n) is 5.23. The molecule has 2 aliphatic rings. The van der Waals surface area contributed by atoms with Crippen molar-refractivity contribution < 1.29 is 18.8 Å². The first-order valence-electron chi connectivity index (χ1n) is 12.1. The van der Waals surface area contributed by atoms with Crippen LogP contribution in [0.25, 0.3) is 11.1 Å². The molecule has 0 spiro atoms. The summed E-state index contributed by atoms with van der Waals surface area (Å²) in [5.41, 5.74) is 7.69. The van der Waals surface area contributed by atoms with Crippen LogP contribution >= 0.6 is 0 Å². The molecule has 2 aromatic carbocycles. The SMILES string of the molecule is C.Cc1nocc1C1=C(c2ccc(O[C@H]3CCN(CCCF)C3)cc2)c2ccc(O)cc2CCC1. The van der Waals surface area contributed by atoms with Crippen molar-refractivity contribution in [1.29, 1.82) is 0 Å². The number of benzene rings is 2. The molecule has 0 bridgehead atoms. The number of phenols is 1. The highest BCUT2D eigenvalue weighted by Crippen LogP contribution is 2.41. The molecule has 1 fully saturated rings. The van der Waals surface area contributed by atoms with E-state index >= 15 is 0 Å². The third-order valence-corrected chi connectivity index (χ3v) is 6.89. The molecule has 35 heavy (non-hydrogen) atoms. The molecular formula is C29H35FN2O3. The molecule has 0 saturated carbocycles. The average molecular weight is 479 g/mol. The zero-order chi connectivity index (χ0) is 23.5. The number of fused-ring (bicyclic) bond motifs is 1. The molecule has 0 radical (unpaired) electrons. The number of ether oxygens (including phenoxy) is 1. The molecule has 3 aromatic rings. The van der Waals surface area contributed by atoms with E-state index in [2.05, 4.69) is 22.2 Å². The van der Waals surface area contributed by atoms with E-state index in [1.807, 2.05) is 31.2 Å². The predicted molar refractivity (Wildman–Crippen MR) is 137 cm³/mol. The van der Waals surface area contributed by atoms with E-state index in [1.165, 1.54) is 5.57 Å². The summed E-state index contributed by atoms with van der Waals surface area (Å²) >= 11 is 0. The molecule has 2 heterocycles. The Balaban J connectivity index is 0.00000289. The van der Waals surface area contributed by atoms with Crippen LogP contribution in [0.1, 0.15) is 61.1 Å². The minimum atomic E-state index is -0.265. The lowest BCUT2D eigenvalue weighted by Gasteiger charge is -2.18. The Kier molecular flexibility index (Phi) is 7.91. The largest absolute Gasteiger partial charge is 0.508 e. The third kappa shape index (κ3) is 5.43. The molecule has 1 aliphatic carbocycles. The van der Waals surface area contributed by atoms with Gasteiger partial charge in [0.2, 0.25) is 0 Å². The second-order valence-electron chi connectivity index (χ2n) is 9.26. The van der Waals surface area contributed by atoms with Crippen LogP contribution in [0.4, 0.5) is 4.39 Å². The lowest BCUT2D eigenvalue weighted by molar-refractivity contribution is 0.198. The molecule has 1 atom stereocenters. The van der Waals surface area contributed by atoms with Crippen molar-refractivity contribution in [3.05, 3.63) is 76.7 Å². The van der Waals surface area contributed by atoms with Gasteiger partial charge < -0.3 is 14.4 Å². The Morgan fingerprint density at radius 3 is 2.71 bits per heavy atom. The standard InChI is InChI=1S/C28H31FN2O3.CH4/c1-19-27(18-33-30-19)26-5-2-4-21-16-22(32)8-11-25(21)28(26)20-6-9-23(10-7-20)34-24-12-15-31(17-24)14-3-13-29;/h6-11,16,18,24,32H,2-5,12-15,17H2,1H3;1H4/t24-;/m0./s1. The lowest BCUT2D eigenvalue weighted by atomic mass is 9.88. The van der Waals surface area contributed by atoms with Crippen LogP contribution in [-0.4, -0.2) is 47.6 Å². The Bertz CT molecular complexity index is 1170. The quantitative estimate of drug-likeness (QED) is 0.424. The molecule has 5 nitrogen and oxygen atoms in total. The first-order chi connectivity index (χ1) is 16.6. The fourth-order valence-corrected chi connectivity index (χ4v) is 5.23. The molecule has 186 valence electrons. The maximum atomic E-state index is 12.5. The van der Waals surface area contributed by atoms with Crippen molar-refractivity contribution in [3.63, 3.8) is 0 Å². The Hall–Kier alpha value is -3.12. The van der Waals surface area contributed by atoms with Crippen LogP contribution in [0.3, 0.4) is 0 Å². The van der Waals surface area contributed by atoms with Crippen LogP contribution < -0.4 is 4.74 Å². The number of aromatic nitrogens is 1. The van der Waals surface area contributed by atoms with Crippen molar-refractivity contribution in [1.82, 2.24) is 10.1 Å². The van der Waals surface area contributed by atoms with E-state index in [9.17, 15) is 9.50 Å². The van der Waals surface area contributed by atoms with Gasteiger partial charge in [0.15, 0.2) is 0 Å². The Labute approximate surface area is 207 Å². The van der Waals surface area contributed by atoms with E-state index < -0.39 is 0 Å². The monoisotopic (exact) mass is 478 g/mol. The summed E-state index contributed by atoms with van der Waals surface area (Å²) in [6, 6.07) is 14.0. The average Bonchev–Trinajstić information content (AvgIpc) is 3.42. The number of aryl methyl sites for hydroxylation is 2. The Morgan fingerprint density at radius 2 is 1.97 bits per heavy atom. The van der Waals surface area contributed by atoms with Crippen LogP contribution in [0.2, 0.25) is 0 Å². The molecule has 6 heteroatoms. The smallest absolute Gasteiger partial charge is 0.131 e. The van der Waals surface area contributed by atoms with Crippen molar-refractivity contribution in [2.75, 3.05) is 26.3 Å². The second-order valence-corrected chi connectivity index (χ2v) is 9.26. The maximum Gasteiger partial charge on any atom is 0.131 e. The number of allylic oxidation sites excluding steroid dienone is 1. The van der Waals surface area contributed by atoms with Gasteiger partial charge in [0.1, 0.15) is 23.9 Å². The zero-order valence-corrected chi connectivity index (χ0v) is 19.6. The number of phenolic OH excluding ortho intramolecular Hbond substituents is 1. The van der Waals surface area contributed by atoms with Gasteiger partial charge in [0.05, 0.1) is 12.4 Å². The number of alkyl halides is 1. The van der Waals surface area contributed by atoms with Crippen molar-refractivity contribution in [2.24, 2.45) is 0 Å². The summed E-state index contributed by atoms with van der Waals surface area (Å²) in [6.07, 6.45) is 6.23. The predicted octanol–water partition coefficient (Wildman–Crippen LogP) is 6.43. The van der Waals surface area contributed by atoms with Gasteiger partial charge in [-0.15, -0.1) is 0 Å². The number of halogens is 1. The Morgan fingerprint density at radius 1 is 1.14 bits per heavy atom. The van der Waals surface area contributed by atoms with E-state index in [4.69, 9.17) is 9.26 Å². The van der Waals surface area contributed by atoms with E-state index in [1.54, 1.807) is 12.3 Å². The fraction of sp³-hybridized carbons (Fsp3) is 0.414. The highest BCUT2D eigenvalue weighted by Gasteiger charge is 2.25. The molecule has 0 amide bonds. The number of hydrogen-bond acceptors (Lipinski definition) is 5.